The zero-order valence-corrected chi connectivity index (χ0v) is 19.8. The number of carbonyl (C=O) groups is 1. The van der Waals surface area contributed by atoms with Crippen molar-refractivity contribution in [2.45, 2.75) is 24.5 Å². The van der Waals surface area contributed by atoms with Crippen molar-refractivity contribution in [1.29, 1.82) is 0 Å². The van der Waals surface area contributed by atoms with Gasteiger partial charge in [-0.3, -0.25) is 4.79 Å². The maximum Gasteiger partial charge on any atom is 0.317 e. The molecule has 4 aromatic rings. The molecule has 1 aliphatic rings. The van der Waals surface area contributed by atoms with E-state index in [9.17, 15) is 4.79 Å². The highest BCUT2D eigenvalue weighted by Gasteiger charge is 2.22. The SMILES string of the molecule is O=C(CSc1[nH]c2ccccc2[n+]1Cc1ccccc1)Nc1cccc(Cl)c1N1CCCC1. The van der Waals surface area contributed by atoms with Crippen LogP contribution in [0.25, 0.3) is 11.0 Å². The molecule has 7 heteroatoms. The van der Waals surface area contributed by atoms with E-state index < -0.39 is 0 Å². The first-order valence-corrected chi connectivity index (χ1v) is 12.6. The van der Waals surface area contributed by atoms with Crippen molar-refractivity contribution in [3.8, 4) is 0 Å². The van der Waals surface area contributed by atoms with Gasteiger partial charge in [0.25, 0.3) is 0 Å². The minimum absolute atomic E-state index is 0.0485. The molecule has 0 bridgehead atoms. The molecule has 5 rings (SSSR count). The number of H-pyrrole nitrogens is 1. The Bertz CT molecular complexity index is 1270. The summed E-state index contributed by atoms with van der Waals surface area (Å²) in [4.78, 5) is 18.7. The molecule has 0 atom stereocenters. The molecule has 0 spiro atoms. The maximum absolute atomic E-state index is 12.9. The quantitative estimate of drug-likeness (QED) is 0.273. The van der Waals surface area contributed by atoms with E-state index in [0.717, 1.165) is 60.0 Å². The number of rotatable bonds is 7. The standard InChI is InChI=1S/C26H25ClN4OS/c27-20-11-8-13-22(25(20)30-15-6-7-16-30)28-24(32)18-33-26-29-21-12-4-5-14-23(21)31(26)17-19-9-2-1-3-10-19/h1-5,8-14H,6-7,15-18H2,(H,28,32)/p+1. The normalized spacial score (nSPS) is 13.5. The zero-order valence-electron chi connectivity index (χ0n) is 18.3. The number of fused-ring (bicyclic) bond motifs is 1. The predicted octanol–water partition coefficient (Wildman–Crippen LogP) is 5.49. The number of amides is 1. The van der Waals surface area contributed by atoms with Gasteiger partial charge in [-0.1, -0.05) is 60.1 Å². The van der Waals surface area contributed by atoms with Crippen LogP contribution >= 0.6 is 23.4 Å². The topological polar surface area (TPSA) is 52.0 Å². The molecule has 3 aromatic carbocycles. The Labute approximate surface area is 202 Å². The zero-order chi connectivity index (χ0) is 22.6. The third-order valence-corrected chi connectivity index (χ3v) is 7.20. The second-order valence-corrected chi connectivity index (χ2v) is 9.56. The molecule has 2 N–H and O–H groups in total. The largest absolute Gasteiger partial charge is 0.369 e. The molecule has 2 heterocycles. The fourth-order valence-electron chi connectivity index (χ4n) is 4.34. The predicted molar refractivity (Wildman–Crippen MR) is 136 cm³/mol. The number of nitrogens with zero attached hydrogens (tertiary/aromatic N) is 2. The van der Waals surface area contributed by atoms with Gasteiger partial charge in [0.1, 0.15) is 6.54 Å². The number of aromatic amines is 1. The van der Waals surface area contributed by atoms with Gasteiger partial charge in [0.2, 0.25) is 5.91 Å². The molecule has 1 aliphatic heterocycles. The van der Waals surface area contributed by atoms with Crippen molar-refractivity contribution in [3.05, 3.63) is 83.4 Å². The van der Waals surface area contributed by atoms with Gasteiger partial charge in [0.05, 0.1) is 22.2 Å². The first kappa shape index (κ1) is 21.9. The van der Waals surface area contributed by atoms with Crippen molar-refractivity contribution >= 4 is 51.7 Å². The van der Waals surface area contributed by atoms with Crippen molar-refractivity contribution < 1.29 is 9.36 Å². The van der Waals surface area contributed by atoms with Crippen LogP contribution < -0.4 is 14.8 Å². The summed E-state index contributed by atoms with van der Waals surface area (Å²) >= 11 is 8.01. The molecule has 0 radical (unpaired) electrons. The van der Waals surface area contributed by atoms with E-state index in [1.54, 1.807) is 0 Å². The van der Waals surface area contributed by atoms with Gasteiger partial charge < -0.3 is 10.2 Å². The second-order valence-electron chi connectivity index (χ2n) is 8.19. The first-order chi connectivity index (χ1) is 16.2. The molecule has 0 unspecified atom stereocenters. The smallest absolute Gasteiger partial charge is 0.317 e. The van der Waals surface area contributed by atoms with E-state index in [-0.39, 0.29) is 5.91 Å². The van der Waals surface area contributed by atoms with Crippen molar-refractivity contribution in [3.63, 3.8) is 0 Å². The Hall–Kier alpha value is -2.96. The van der Waals surface area contributed by atoms with Gasteiger partial charge in [-0.2, -0.15) is 0 Å². The molecule has 1 aromatic heterocycles. The van der Waals surface area contributed by atoms with E-state index >= 15 is 0 Å². The van der Waals surface area contributed by atoms with Gasteiger partial charge in [-0.05, 0) is 54.4 Å². The number of halogens is 1. The average Bonchev–Trinajstić information content (AvgIpc) is 3.47. The molecule has 0 aliphatic carbocycles. The number of aromatic nitrogens is 2. The second kappa shape index (κ2) is 9.89. The van der Waals surface area contributed by atoms with Crippen LogP contribution in [0.1, 0.15) is 18.4 Å². The average molecular weight is 478 g/mol. The van der Waals surface area contributed by atoms with Gasteiger partial charge >= 0.3 is 5.16 Å². The van der Waals surface area contributed by atoms with Crippen molar-refractivity contribution in [2.24, 2.45) is 0 Å². The lowest BCUT2D eigenvalue weighted by molar-refractivity contribution is -0.700. The highest BCUT2D eigenvalue weighted by molar-refractivity contribution is 7.99. The van der Waals surface area contributed by atoms with Crippen molar-refractivity contribution in [2.75, 3.05) is 29.1 Å². The molecule has 1 saturated heterocycles. The maximum atomic E-state index is 12.9. The fraction of sp³-hybridized carbons (Fsp3) is 0.231. The van der Waals surface area contributed by atoms with E-state index in [1.807, 2.05) is 48.5 Å². The summed E-state index contributed by atoms with van der Waals surface area (Å²) in [5.74, 6) is 0.251. The van der Waals surface area contributed by atoms with Crippen LogP contribution in [0.3, 0.4) is 0 Å². The van der Waals surface area contributed by atoms with Crippen LogP contribution in [0.5, 0.6) is 0 Å². The lowest BCUT2D eigenvalue weighted by atomic mass is 10.2. The number of imidazole rings is 1. The highest BCUT2D eigenvalue weighted by Crippen LogP contribution is 2.36. The van der Waals surface area contributed by atoms with Crippen LogP contribution in [0, 0.1) is 0 Å². The van der Waals surface area contributed by atoms with Gasteiger partial charge in [-0.25, -0.2) is 9.55 Å². The number of carbonyl (C=O) groups excluding carboxylic acids is 1. The molecule has 1 amide bonds. The molecule has 168 valence electrons. The summed E-state index contributed by atoms with van der Waals surface area (Å²) in [6, 6.07) is 24.3. The molecule has 5 nitrogen and oxygen atoms in total. The number of anilines is 2. The Morgan fingerprint density at radius 3 is 2.58 bits per heavy atom. The Morgan fingerprint density at radius 2 is 1.76 bits per heavy atom. The van der Waals surface area contributed by atoms with Crippen LogP contribution in [-0.2, 0) is 11.3 Å². The Balaban J connectivity index is 1.34. The highest BCUT2D eigenvalue weighted by atomic mass is 35.5. The number of thioether (sulfide) groups is 1. The third kappa shape index (κ3) is 4.87. The first-order valence-electron chi connectivity index (χ1n) is 11.2. The number of para-hydroxylation sites is 3. The Kier molecular flexibility index (Phi) is 6.55. The minimum atomic E-state index is -0.0485. The number of hydrogen-bond acceptors (Lipinski definition) is 3. The molecule has 1 fully saturated rings. The number of nitrogens with one attached hydrogen (secondary N) is 2. The third-order valence-electron chi connectivity index (χ3n) is 5.89. The van der Waals surface area contributed by atoms with E-state index in [1.165, 1.54) is 17.3 Å². The van der Waals surface area contributed by atoms with E-state index in [4.69, 9.17) is 11.6 Å². The molecular formula is C26H26ClN4OS+. The van der Waals surface area contributed by atoms with Gasteiger partial charge in [0, 0.05) is 13.1 Å². The number of benzene rings is 3. The minimum Gasteiger partial charge on any atom is -0.369 e. The van der Waals surface area contributed by atoms with E-state index in [0.29, 0.717) is 10.8 Å². The van der Waals surface area contributed by atoms with Gasteiger partial charge in [-0.15, -0.1) is 0 Å². The summed E-state index contributed by atoms with van der Waals surface area (Å²) in [6.45, 7) is 2.67. The molecular weight excluding hydrogens is 452 g/mol. The molecule has 0 saturated carbocycles. The summed E-state index contributed by atoms with van der Waals surface area (Å²) in [7, 11) is 0. The lowest BCUT2D eigenvalue weighted by Gasteiger charge is -2.22. The fourth-order valence-corrected chi connectivity index (χ4v) is 5.48. The van der Waals surface area contributed by atoms with Crippen LogP contribution in [0.2, 0.25) is 5.02 Å². The van der Waals surface area contributed by atoms with Crippen LogP contribution in [-0.4, -0.2) is 29.7 Å². The van der Waals surface area contributed by atoms with Gasteiger partial charge in [0.15, 0.2) is 11.0 Å². The summed E-state index contributed by atoms with van der Waals surface area (Å²) < 4.78 is 2.23. The molecule has 33 heavy (non-hydrogen) atoms. The van der Waals surface area contributed by atoms with E-state index in [2.05, 4.69) is 44.0 Å². The number of hydrogen-bond donors (Lipinski definition) is 2. The van der Waals surface area contributed by atoms with Crippen molar-refractivity contribution in [1.82, 2.24) is 4.98 Å². The van der Waals surface area contributed by atoms with Crippen LogP contribution in [0.15, 0.2) is 78.0 Å². The summed E-state index contributed by atoms with van der Waals surface area (Å²) in [5.41, 5.74) is 5.11. The monoisotopic (exact) mass is 477 g/mol. The summed E-state index contributed by atoms with van der Waals surface area (Å²) in [5, 5.41) is 4.73. The van der Waals surface area contributed by atoms with Crippen LogP contribution in [0.4, 0.5) is 11.4 Å². The summed E-state index contributed by atoms with van der Waals surface area (Å²) in [6.07, 6.45) is 2.30. The Morgan fingerprint density at radius 1 is 1.00 bits per heavy atom. The lowest BCUT2D eigenvalue weighted by Crippen LogP contribution is -2.36.